The molecule has 2 heterocycles. The number of nitrogens with one attached hydrogen (secondary N) is 1. The van der Waals surface area contributed by atoms with Gasteiger partial charge in [0.15, 0.2) is 0 Å². The molecule has 1 amide bonds. The first kappa shape index (κ1) is 17.6. The van der Waals surface area contributed by atoms with E-state index in [4.69, 9.17) is 0 Å². The van der Waals surface area contributed by atoms with E-state index in [9.17, 15) is 4.79 Å². The molecule has 0 saturated carbocycles. The Morgan fingerprint density at radius 2 is 1.80 bits per heavy atom. The topological polar surface area (TPSA) is 45.2 Å². The van der Waals surface area contributed by atoms with E-state index < -0.39 is 0 Å². The van der Waals surface area contributed by atoms with Crippen molar-refractivity contribution in [1.82, 2.24) is 15.2 Å². The number of piperidine rings is 1. The summed E-state index contributed by atoms with van der Waals surface area (Å²) in [5.74, 6) is 1.48. The van der Waals surface area contributed by atoms with E-state index in [1.54, 1.807) is 24.5 Å². The molecule has 0 aliphatic carbocycles. The number of amides is 1. The molecule has 1 aromatic heterocycles. The van der Waals surface area contributed by atoms with Crippen LogP contribution in [0.3, 0.4) is 0 Å². The van der Waals surface area contributed by atoms with Crippen LogP contribution in [0, 0.1) is 11.8 Å². The molecular weight excluding hydrogens is 310 g/mol. The van der Waals surface area contributed by atoms with Crippen LogP contribution < -0.4 is 5.32 Å². The molecular formula is C21H27N3O. The molecule has 2 unspecified atom stereocenters. The molecule has 1 aliphatic heterocycles. The number of carbonyl (C=O) groups is 1. The fourth-order valence-electron chi connectivity index (χ4n) is 3.72. The molecule has 0 spiro atoms. The molecule has 1 N–H and O–H groups in total. The quantitative estimate of drug-likeness (QED) is 0.908. The summed E-state index contributed by atoms with van der Waals surface area (Å²) in [6.45, 7) is 8.61. The van der Waals surface area contributed by atoms with Crippen molar-refractivity contribution in [2.24, 2.45) is 11.8 Å². The summed E-state index contributed by atoms with van der Waals surface area (Å²) in [4.78, 5) is 18.6. The Hall–Kier alpha value is -2.20. The van der Waals surface area contributed by atoms with Crippen LogP contribution in [0.15, 0.2) is 48.8 Å². The fourth-order valence-corrected chi connectivity index (χ4v) is 3.72. The maximum Gasteiger partial charge on any atom is 0.253 e. The molecule has 2 aromatic rings. The monoisotopic (exact) mass is 337 g/mol. The normalized spacial score (nSPS) is 21.0. The molecule has 132 valence electrons. The number of pyridine rings is 1. The minimum Gasteiger partial charge on any atom is -0.348 e. The largest absolute Gasteiger partial charge is 0.348 e. The van der Waals surface area contributed by atoms with Crippen LogP contribution in [0.2, 0.25) is 0 Å². The summed E-state index contributed by atoms with van der Waals surface area (Å²) in [7, 11) is 0. The molecule has 0 radical (unpaired) electrons. The van der Waals surface area contributed by atoms with Crippen molar-refractivity contribution in [2.75, 3.05) is 13.1 Å². The van der Waals surface area contributed by atoms with Crippen LogP contribution in [-0.2, 0) is 13.1 Å². The van der Waals surface area contributed by atoms with Gasteiger partial charge in [0.1, 0.15) is 0 Å². The van der Waals surface area contributed by atoms with Gasteiger partial charge in [-0.05, 0) is 41.5 Å². The molecule has 1 aromatic carbocycles. The average molecular weight is 337 g/mol. The zero-order valence-corrected chi connectivity index (χ0v) is 15.1. The van der Waals surface area contributed by atoms with Crippen LogP contribution >= 0.6 is 0 Å². The minimum absolute atomic E-state index is 0.0894. The Morgan fingerprint density at radius 3 is 2.44 bits per heavy atom. The van der Waals surface area contributed by atoms with Crippen LogP contribution in [0.1, 0.15) is 41.8 Å². The van der Waals surface area contributed by atoms with Crippen LogP contribution in [-0.4, -0.2) is 28.9 Å². The lowest BCUT2D eigenvalue weighted by molar-refractivity contribution is 0.0950. The van der Waals surface area contributed by atoms with Gasteiger partial charge in [-0.2, -0.15) is 0 Å². The minimum atomic E-state index is -0.0894. The van der Waals surface area contributed by atoms with E-state index in [1.165, 1.54) is 25.1 Å². The van der Waals surface area contributed by atoms with Gasteiger partial charge in [-0.1, -0.05) is 38.1 Å². The van der Waals surface area contributed by atoms with Gasteiger partial charge in [0.25, 0.3) is 5.91 Å². The maximum absolute atomic E-state index is 12.1. The Morgan fingerprint density at radius 1 is 1.12 bits per heavy atom. The van der Waals surface area contributed by atoms with Crippen molar-refractivity contribution in [3.05, 3.63) is 65.5 Å². The maximum atomic E-state index is 12.1. The van der Waals surface area contributed by atoms with Crippen molar-refractivity contribution in [3.63, 3.8) is 0 Å². The molecule has 4 nitrogen and oxygen atoms in total. The molecule has 3 rings (SSSR count). The zero-order valence-electron chi connectivity index (χ0n) is 15.1. The third kappa shape index (κ3) is 5.13. The zero-order chi connectivity index (χ0) is 17.6. The highest BCUT2D eigenvalue weighted by Crippen LogP contribution is 2.22. The van der Waals surface area contributed by atoms with E-state index >= 15 is 0 Å². The lowest BCUT2D eigenvalue weighted by Crippen LogP contribution is -2.38. The van der Waals surface area contributed by atoms with Gasteiger partial charge in [0.2, 0.25) is 0 Å². The van der Waals surface area contributed by atoms with Crippen molar-refractivity contribution >= 4 is 5.91 Å². The standard InChI is InChI=1S/C21H27N3O/c1-16-10-17(2)14-24(13-16)15-19-7-5-18(6-8-19)11-23-21(25)20-4-3-9-22-12-20/h3-9,12,16-17H,10-11,13-15H2,1-2H3,(H,23,25). The predicted octanol–water partition coefficient (Wildman–Crippen LogP) is 3.49. The van der Waals surface area contributed by atoms with Gasteiger partial charge in [-0.25, -0.2) is 0 Å². The van der Waals surface area contributed by atoms with Crippen molar-refractivity contribution in [1.29, 1.82) is 0 Å². The molecule has 2 atom stereocenters. The highest BCUT2D eigenvalue weighted by molar-refractivity contribution is 5.93. The van der Waals surface area contributed by atoms with Crippen molar-refractivity contribution in [3.8, 4) is 0 Å². The third-order valence-electron chi connectivity index (χ3n) is 4.75. The van der Waals surface area contributed by atoms with Gasteiger partial charge < -0.3 is 5.32 Å². The first-order valence-electron chi connectivity index (χ1n) is 9.08. The summed E-state index contributed by atoms with van der Waals surface area (Å²) >= 11 is 0. The Kier molecular flexibility index (Phi) is 5.82. The van der Waals surface area contributed by atoms with Crippen LogP contribution in [0.25, 0.3) is 0 Å². The molecule has 1 aliphatic rings. The fraction of sp³-hybridized carbons (Fsp3) is 0.429. The van der Waals surface area contributed by atoms with Crippen molar-refractivity contribution < 1.29 is 4.79 Å². The van der Waals surface area contributed by atoms with Crippen LogP contribution in [0.5, 0.6) is 0 Å². The number of aromatic nitrogens is 1. The number of nitrogens with zero attached hydrogens (tertiary/aromatic N) is 2. The smallest absolute Gasteiger partial charge is 0.253 e. The Bertz CT molecular complexity index is 674. The summed E-state index contributed by atoms with van der Waals surface area (Å²) in [5.41, 5.74) is 3.04. The summed E-state index contributed by atoms with van der Waals surface area (Å²) in [6.07, 6.45) is 4.59. The predicted molar refractivity (Wildman–Crippen MR) is 100 cm³/mol. The molecule has 4 heteroatoms. The average Bonchev–Trinajstić information content (AvgIpc) is 2.61. The Balaban J connectivity index is 1.51. The third-order valence-corrected chi connectivity index (χ3v) is 4.75. The van der Waals surface area contributed by atoms with E-state index in [0.29, 0.717) is 12.1 Å². The highest BCUT2D eigenvalue weighted by Gasteiger charge is 2.21. The molecule has 25 heavy (non-hydrogen) atoms. The Labute approximate surface area is 150 Å². The first-order valence-corrected chi connectivity index (χ1v) is 9.08. The number of benzene rings is 1. The SMILES string of the molecule is CC1CC(C)CN(Cc2ccc(CNC(=O)c3cccnc3)cc2)C1. The second-order valence-corrected chi connectivity index (χ2v) is 7.38. The number of hydrogen-bond acceptors (Lipinski definition) is 3. The van der Waals surface area contributed by atoms with Gasteiger partial charge in [0.05, 0.1) is 5.56 Å². The number of rotatable bonds is 5. The summed E-state index contributed by atoms with van der Waals surface area (Å²) in [6, 6.07) is 12.1. The van der Waals surface area contributed by atoms with Gasteiger partial charge in [-0.15, -0.1) is 0 Å². The van der Waals surface area contributed by atoms with Gasteiger partial charge in [-0.3, -0.25) is 14.7 Å². The van der Waals surface area contributed by atoms with E-state index in [0.717, 1.165) is 23.9 Å². The summed E-state index contributed by atoms with van der Waals surface area (Å²) in [5, 5.41) is 2.94. The van der Waals surface area contributed by atoms with Gasteiger partial charge in [0, 0.05) is 38.6 Å². The van der Waals surface area contributed by atoms with E-state index in [2.05, 4.69) is 53.3 Å². The lowest BCUT2D eigenvalue weighted by Gasteiger charge is -2.35. The van der Waals surface area contributed by atoms with E-state index in [1.807, 2.05) is 0 Å². The number of carbonyl (C=O) groups excluding carboxylic acids is 1. The highest BCUT2D eigenvalue weighted by atomic mass is 16.1. The van der Waals surface area contributed by atoms with Crippen LogP contribution in [0.4, 0.5) is 0 Å². The van der Waals surface area contributed by atoms with Gasteiger partial charge >= 0.3 is 0 Å². The second-order valence-electron chi connectivity index (χ2n) is 7.38. The number of hydrogen-bond donors (Lipinski definition) is 1. The number of likely N-dealkylation sites (tertiary alicyclic amines) is 1. The summed E-state index contributed by atoms with van der Waals surface area (Å²) < 4.78 is 0. The lowest BCUT2D eigenvalue weighted by atomic mass is 9.91. The second kappa shape index (κ2) is 8.26. The molecule has 1 fully saturated rings. The first-order chi connectivity index (χ1) is 12.1. The van der Waals surface area contributed by atoms with E-state index in [-0.39, 0.29) is 5.91 Å². The van der Waals surface area contributed by atoms with Crippen molar-refractivity contribution in [2.45, 2.75) is 33.4 Å². The molecule has 1 saturated heterocycles. The molecule has 0 bridgehead atoms.